The minimum Gasteiger partial charge on any atom is -0.463 e. The Hall–Kier alpha value is -3.39. The second-order valence-corrected chi connectivity index (χ2v) is 8.00. The molecule has 0 aliphatic carbocycles. The summed E-state index contributed by atoms with van der Waals surface area (Å²) in [5, 5.41) is 7.45. The van der Waals surface area contributed by atoms with Crippen LogP contribution in [0.3, 0.4) is 0 Å². The highest BCUT2D eigenvalue weighted by Crippen LogP contribution is 2.36. The molecule has 31 heavy (non-hydrogen) atoms. The summed E-state index contributed by atoms with van der Waals surface area (Å²) in [5.41, 5.74) is 2.41. The molecule has 8 heteroatoms. The lowest BCUT2D eigenvalue weighted by Gasteiger charge is -2.43. The number of aryl methyl sites for hydroxylation is 2. The number of fused-ring (bicyclic) bond motifs is 1. The predicted molar refractivity (Wildman–Crippen MR) is 116 cm³/mol. The van der Waals surface area contributed by atoms with E-state index in [2.05, 4.69) is 10.4 Å². The van der Waals surface area contributed by atoms with E-state index in [1.807, 2.05) is 32.0 Å². The lowest BCUT2D eigenvalue weighted by Crippen LogP contribution is -2.65. The van der Waals surface area contributed by atoms with Gasteiger partial charge in [-0.25, -0.2) is 0 Å². The Bertz CT molecular complexity index is 1120. The Labute approximate surface area is 180 Å². The lowest BCUT2D eigenvalue weighted by atomic mass is 9.92. The normalized spacial score (nSPS) is 18.2. The Morgan fingerprint density at radius 1 is 1.29 bits per heavy atom. The molecule has 1 atom stereocenters. The standard InChI is InChI=1S/C23H26N4O4/c1-15-7-8-16(2)18(12-15)27-21(28)19-13-17(20-6-5-10-31-20)25-26(19)14-23(27,3)22(29)24-9-11-30-4/h5-8,10,12-13H,9,11,14H2,1-4H3,(H,24,29)/t23-/m1/s1. The summed E-state index contributed by atoms with van der Waals surface area (Å²) in [6.07, 6.45) is 1.56. The first-order valence-corrected chi connectivity index (χ1v) is 10.2. The number of nitrogens with one attached hydrogen (secondary N) is 1. The maximum absolute atomic E-state index is 13.7. The monoisotopic (exact) mass is 422 g/mol. The van der Waals surface area contributed by atoms with E-state index in [-0.39, 0.29) is 18.4 Å². The molecule has 1 N–H and O–H groups in total. The van der Waals surface area contributed by atoms with Crippen LogP contribution in [0.15, 0.2) is 47.1 Å². The van der Waals surface area contributed by atoms with Crippen molar-refractivity contribution in [1.82, 2.24) is 15.1 Å². The van der Waals surface area contributed by atoms with Crippen LogP contribution in [0.1, 0.15) is 28.5 Å². The van der Waals surface area contributed by atoms with Crippen LogP contribution in [0, 0.1) is 13.8 Å². The first-order valence-electron chi connectivity index (χ1n) is 10.2. The van der Waals surface area contributed by atoms with E-state index >= 15 is 0 Å². The van der Waals surface area contributed by atoms with Crippen LogP contribution in [0.4, 0.5) is 5.69 Å². The van der Waals surface area contributed by atoms with Crippen LogP contribution < -0.4 is 10.2 Å². The first kappa shape index (κ1) is 20.9. The molecular weight excluding hydrogens is 396 g/mol. The van der Waals surface area contributed by atoms with Crippen LogP contribution in [-0.4, -0.2) is 47.4 Å². The quantitative estimate of drug-likeness (QED) is 0.617. The summed E-state index contributed by atoms with van der Waals surface area (Å²) in [6, 6.07) is 11.2. The molecule has 2 aromatic heterocycles. The van der Waals surface area contributed by atoms with Crippen molar-refractivity contribution < 1.29 is 18.7 Å². The number of anilines is 1. The molecule has 1 aromatic carbocycles. The van der Waals surface area contributed by atoms with E-state index in [9.17, 15) is 9.59 Å². The van der Waals surface area contributed by atoms with Crippen LogP contribution in [-0.2, 0) is 16.1 Å². The summed E-state index contributed by atoms with van der Waals surface area (Å²) >= 11 is 0. The van der Waals surface area contributed by atoms with Gasteiger partial charge < -0.3 is 14.5 Å². The highest BCUT2D eigenvalue weighted by Gasteiger charge is 2.49. The molecule has 3 aromatic rings. The smallest absolute Gasteiger partial charge is 0.277 e. The van der Waals surface area contributed by atoms with E-state index in [1.165, 1.54) is 0 Å². The third kappa shape index (κ3) is 3.63. The average Bonchev–Trinajstić information content (AvgIpc) is 3.40. The maximum Gasteiger partial charge on any atom is 0.277 e. The number of carbonyl (C=O) groups excluding carboxylic acids is 2. The fourth-order valence-electron chi connectivity index (χ4n) is 3.92. The van der Waals surface area contributed by atoms with Crippen molar-refractivity contribution in [2.45, 2.75) is 32.9 Å². The van der Waals surface area contributed by atoms with Crippen molar-refractivity contribution in [2.75, 3.05) is 25.2 Å². The van der Waals surface area contributed by atoms with Crippen LogP contribution >= 0.6 is 0 Å². The number of furan rings is 1. The van der Waals surface area contributed by atoms with E-state index in [0.717, 1.165) is 11.1 Å². The van der Waals surface area contributed by atoms with Crippen molar-refractivity contribution in [3.05, 3.63) is 59.5 Å². The van der Waals surface area contributed by atoms with E-state index in [0.29, 0.717) is 36.0 Å². The van der Waals surface area contributed by atoms with Gasteiger partial charge in [0.05, 0.1) is 19.4 Å². The van der Waals surface area contributed by atoms with Gasteiger partial charge in [-0.15, -0.1) is 0 Å². The Morgan fingerprint density at radius 3 is 2.81 bits per heavy atom. The number of aromatic nitrogens is 2. The number of rotatable bonds is 6. The summed E-state index contributed by atoms with van der Waals surface area (Å²) in [7, 11) is 1.58. The molecule has 0 radical (unpaired) electrons. The number of hydrogen-bond acceptors (Lipinski definition) is 5. The lowest BCUT2D eigenvalue weighted by molar-refractivity contribution is -0.126. The Balaban J connectivity index is 1.82. The molecule has 2 amide bonds. The van der Waals surface area contributed by atoms with Gasteiger partial charge in [0.2, 0.25) is 5.91 Å². The van der Waals surface area contributed by atoms with Gasteiger partial charge in [-0.05, 0) is 50.1 Å². The summed E-state index contributed by atoms with van der Waals surface area (Å²) in [5.74, 6) is 0.0217. The average molecular weight is 422 g/mol. The topological polar surface area (TPSA) is 89.6 Å². The van der Waals surface area contributed by atoms with Crippen LogP contribution in [0.2, 0.25) is 0 Å². The van der Waals surface area contributed by atoms with E-state index < -0.39 is 5.54 Å². The zero-order valence-electron chi connectivity index (χ0n) is 18.1. The summed E-state index contributed by atoms with van der Waals surface area (Å²) in [4.78, 5) is 28.7. The maximum atomic E-state index is 13.7. The zero-order chi connectivity index (χ0) is 22.2. The molecule has 1 aliphatic rings. The fraction of sp³-hybridized carbons (Fsp3) is 0.348. The van der Waals surface area contributed by atoms with Gasteiger partial charge in [-0.2, -0.15) is 5.10 Å². The van der Waals surface area contributed by atoms with E-state index in [4.69, 9.17) is 9.15 Å². The van der Waals surface area contributed by atoms with Crippen molar-refractivity contribution in [3.63, 3.8) is 0 Å². The van der Waals surface area contributed by atoms with Crippen LogP contribution in [0.25, 0.3) is 11.5 Å². The van der Waals surface area contributed by atoms with Gasteiger partial charge in [0.25, 0.3) is 5.91 Å². The molecule has 8 nitrogen and oxygen atoms in total. The minimum atomic E-state index is -1.18. The fourth-order valence-corrected chi connectivity index (χ4v) is 3.92. The third-order valence-electron chi connectivity index (χ3n) is 5.61. The molecule has 162 valence electrons. The molecule has 4 rings (SSSR count). The zero-order valence-corrected chi connectivity index (χ0v) is 18.1. The van der Waals surface area contributed by atoms with Gasteiger partial charge in [-0.3, -0.25) is 19.2 Å². The van der Waals surface area contributed by atoms with Gasteiger partial charge in [-0.1, -0.05) is 12.1 Å². The second-order valence-electron chi connectivity index (χ2n) is 8.00. The highest BCUT2D eigenvalue weighted by molar-refractivity contribution is 6.12. The van der Waals surface area contributed by atoms with Gasteiger partial charge >= 0.3 is 0 Å². The van der Waals surface area contributed by atoms with Crippen LogP contribution in [0.5, 0.6) is 0 Å². The predicted octanol–water partition coefficient (Wildman–Crippen LogP) is 2.94. The third-order valence-corrected chi connectivity index (χ3v) is 5.61. The summed E-state index contributed by atoms with van der Waals surface area (Å²) in [6.45, 7) is 6.61. The first-order chi connectivity index (χ1) is 14.8. The largest absolute Gasteiger partial charge is 0.463 e. The molecule has 0 unspecified atom stereocenters. The van der Waals surface area contributed by atoms with Crippen molar-refractivity contribution in [1.29, 1.82) is 0 Å². The minimum absolute atomic E-state index is 0.209. The molecule has 3 heterocycles. The van der Waals surface area contributed by atoms with Crippen molar-refractivity contribution >= 4 is 17.5 Å². The number of hydrogen-bond donors (Lipinski definition) is 1. The molecular formula is C23H26N4O4. The molecule has 1 aliphatic heterocycles. The highest BCUT2D eigenvalue weighted by atomic mass is 16.5. The number of methoxy groups -OCH3 is 1. The Kier molecular flexibility index (Phi) is 5.41. The van der Waals surface area contributed by atoms with Gasteiger partial charge in [0.15, 0.2) is 5.76 Å². The number of ether oxygens (including phenoxy) is 1. The molecule has 0 saturated heterocycles. The van der Waals surface area contributed by atoms with Crippen molar-refractivity contribution in [3.8, 4) is 11.5 Å². The Morgan fingerprint density at radius 2 is 2.10 bits per heavy atom. The molecule has 0 bridgehead atoms. The molecule has 0 fully saturated rings. The number of carbonyl (C=O) groups is 2. The van der Waals surface area contributed by atoms with Gasteiger partial charge in [0, 0.05) is 25.4 Å². The molecule has 0 saturated carbocycles. The van der Waals surface area contributed by atoms with Crippen molar-refractivity contribution in [2.24, 2.45) is 0 Å². The SMILES string of the molecule is COCCNC(=O)[C@@]1(C)Cn2nc(-c3ccco3)cc2C(=O)N1c1cc(C)ccc1C. The number of amides is 2. The number of nitrogens with zero attached hydrogens (tertiary/aromatic N) is 3. The van der Waals surface area contributed by atoms with E-state index in [1.54, 1.807) is 48.1 Å². The van der Waals surface area contributed by atoms with Gasteiger partial charge in [0.1, 0.15) is 16.9 Å². The second kappa shape index (κ2) is 8.03. The molecule has 0 spiro atoms. The number of benzene rings is 1. The summed E-state index contributed by atoms with van der Waals surface area (Å²) < 4.78 is 12.1.